The SMILES string of the molecule is CNC(C)(C)C(=O)NCCN1CCSCC1. The highest BCUT2D eigenvalue weighted by molar-refractivity contribution is 7.99. The summed E-state index contributed by atoms with van der Waals surface area (Å²) in [4.78, 5) is 14.1. The Bertz CT molecular complexity index is 227. The minimum Gasteiger partial charge on any atom is -0.353 e. The van der Waals surface area contributed by atoms with Crippen molar-refractivity contribution in [1.29, 1.82) is 0 Å². The van der Waals surface area contributed by atoms with Crippen molar-refractivity contribution in [2.24, 2.45) is 0 Å². The van der Waals surface area contributed by atoms with Gasteiger partial charge in [0.2, 0.25) is 5.91 Å². The van der Waals surface area contributed by atoms with Crippen molar-refractivity contribution in [3.05, 3.63) is 0 Å². The van der Waals surface area contributed by atoms with E-state index in [1.54, 1.807) is 7.05 Å². The van der Waals surface area contributed by atoms with Gasteiger partial charge in [-0.05, 0) is 20.9 Å². The quantitative estimate of drug-likeness (QED) is 0.724. The molecule has 1 aliphatic rings. The molecule has 0 aliphatic carbocycles. The first kappa shape index (κ1) is 13.8. The van der Waals surface area contributed by atoms with E-state index in [9.17, 15) is 4.79 Å². The van der Waals surface area contributed by atoms with Crippen LogP contribution in [0.25, 0.3) is 0 Å². The monoisotopic (exact) mass is 245 g/mol. The number of rotatable bonds is 5. The minimum absolute atomic E-state index is 0.0707. The number of carbonyl (C=O) groups excluding carboxylic acids is 1. The molecule has 1 saturated heterocycles. The first-order chi connectivity index (χ1) is 7.56. The zero-order chi connectivity index (χ0) is 12.0. The molecule has 0 aromatic carbocycles. The van der Waals surface area contributed by atoms with E-state index in [-0.39, 0.29) is 5.91 Å². The highest BCUT2D eigenvalue weighted by atomic mass is 32.2. The molecule has 0 atom stereocenters. The summed E-state index contributed by atoms with van der Waals surface area (Å²) in [6.07, 6.45) is 0. The van der Waals surface area contributed by atoms with Crippen LogP contribution < -0.4 is 10.6 Å². The van der Waals surface area contributed by atoms with Gasteiger partial charge in [-0.3, -0.25) is 9.69 Å². The zero-order valence-corrected chi connectivity index (χ0v) is 11.3. The van der Waals surface area contributed by atoms with Crippen LogP contribution in [0.3, 0.4) is 0 Å². The van der Waals surface area contributed by atoms with Gasteiger partial charge >= 0.3 is 0 Å². The molecule has 0 spiro atoms. The van der Waals surface area contributed by atoms with Crippen LogP contribution in [0.2, 0.25) is 0 Å². The third kappa shape index (κ3) is 4.31. The van der Waals surface area contributed by atoms with Crippen molar-refractivity contribution in [2.45, 2.75) is 19.4 Å². The molecule has 0 saturated carbocycles. The van der Waals surface area contributed by atoms with Crippen LogP contribution in [0.15, 0.2) is 0 Å². The van der Waals surface area contributed by atoms with Crippen molar-refractivity contribution in [1.82, 2.24) is 15.5 Å². The van der Waals surface area contributed by atoms with Gasteiger partial charge in [0.05, 0.1) is 5.54 Å². The number of nitrogens with one attached hydrogen (secondary N) is 2. The summed E-state index contributed by atoms with van der Waals surface area (Å²) in [6, 6.07) is 0. The lowest BCUT2D eigenvalue weighted by atomic mass is 10.1. The smallest absolute Gasteiger partial charge is 0.239 e. The van der Waals surface area contributed by atoms with Crippen LogP contribution >= 0.6 is 11.8 Å². The topological polar surface area (TPSA) is 44.4 Å². The second kappa shape index (κ2) is 6.47. The number of carbonyl (C=O) groups is 1. The van der Waals surface area contributed by atoms with Crippen molar-refractivity contribution in [2.75, 3.05) is 44.7 Å². The van der Waals surface area contributed by atoms with Crippen LogP contribution in [-0.2, 0) is 4.79 Å². The summed E-state index contributed by atoms with van der Waals surface area (Å²) in [5.74, 6) is 2.51. The molecule has 2 N–H and O–H groups in total. The third-order valence-electron chi connectivity index (χ3n) is 3.01. The van der Waals surface area contributed by atoms with Crippen LogP contribution in [0, 0.1) is 0 Å². The van der Waals surface area contributed by atoms with Crippen LogP contribution in [0.5, 0.6) is 0 Å². The summed E-state index contributed by atoms with van der Waals surface area (Å²) in [7, 11) is 1.81. The van der Waals surface area contributed by atoms with E-state index in [4.69, 9.17) is 0 Å². The molecule has 0 radical (unpaired) electrons. The van der Waals surface area contributed by atoms with E-state index in [1.165, 1.54) is 11.5 Å². The lowest BCUT2D eigenvalue weighted by Gasteiger charge is -2.27. The normalized spacial score (nSPS) is 18.4. The fourth-order valence-corrected chi connectivity index (χ4v) is 2.47. The van der Waals surface area contributed by atoms with Crippen molar-refractivity contribution < 1.29 is 4.79 Å². The molecule has 0 aromatic heterocycles. The molecule has 4 nitrogen and oxygen atoms in total. The fraction of sp³-hybridized carbons (Fsp3) is 0.909. The third-order valence-corrected chi connectivity index (χ3v) is 3.95. The van der Waals surface area contributed by atoms with Crippen molar-refractivity contribution in [3.63, 3.8) is 0 Å². The molecule has 94 valence electrons. The molecule has 1 heterocycles. The Morgan fingerprint density at radius 1 is 1.38 bits per heavy atom. The van der Waals surface area contributed by atoms with Gasteiger partial charge < -0.3 is 10.6 Å². The molecule has 1 aliphatic heterocycles. The van der Waals surface area contributed by atoms with E-state index < -0.39 is 5.54 Å². The Labute approximate surface area is 103 Å². The van der Waals surface area contributed by atoms with Gasteiger partial charge in [-0.15, -0.1) is 0 Å². The Balaban J connectivity index is 2.17. The summed E-state index contributed by atoms with van der Waals surface area (Å²) in [5, 5.41) is 5.97. The van der Waals surface area contributed by atoms with Gasteiger partial charge in [-0.1, -0.05) is 0 Å². The number of thioether (sulfide) groups is 1. The first-order valence-corrected chi connectivity index (χ1v) is 6.99. The first-order valence-electron chi connectivity index (χ1n) is 5.83. The minimum atomic E-state index is -0.474. The Hall–Kier alpha value is -0.260. The van der Waals surface area contributed by atoms with E-state index >= 15 is 0 Å². The lowest BCUT2D eigenvalue weighted by molar-refractivity contribution is -0.126. The highest BCUT2D eigenvalue weighted by Crippen LogP contribution is 2.08. The molecule has 0 aromatic rings. The van der Waals surface area contributed by atoms with E-state index in [0.29, 0.717) is 0 Å². The molecule has 1 amide bonds. The van der Waals surface area contributed by atoms with E-state index in [0.717, 1.165) is 26.2 Å². The summed E-state index contributed by atoms with van der Waals surface area (Å²) >= 11 is 2.01. The van der Waals surface area contributed by atoms with Gasteiger partial charge in [0, 0.05) is 37.7 Å². The molecule has 16 heavy (non-hydrogen) atoms. The largest absolute Gasteiger partial charge is 0.353 e. The number of nitrogens with zero attached hydrogens (tertiary/aromatic N) is 1. The molecule has 0 unspecified atom stereocenters. The second-order valence-electron chi connectivity index (χ2n) is 4.58. The Morgan fingerprint density at radius 3 is 2.56 bits per heavy atom. The number of hydrogen-bond donors (Lipinski definition) is 2. The predicted molar refractivity (Wildman–Crippen MR) is 69.9 cm³/mol. The van der Waals surface area contributed by atoms with Crippen molar-refractivity contribution >= 4 is 17.7 Å². The van der Waals surface area contributed by atoms with Gasteiger partial charge in [-0.2, -0.15) is 11.8 Å². The number of amides is 1. The molecule has 0 bridgehead atoms. The predicted octanol–water partition coefficient (Wildman–Crippen LogP) is 0.149. The fourth-order valence-electron chi connectivity index (χ4n) is 1.49. The van der Waals surface area contributed by atoms with Crippen molar-refractivity contribution in [3.8, 4) is 0 Å². The van der Waals surface area contributed by atoms with Gasteiger partial charge in [-0.25, -0.2) is 0 Å². The lowest BCUT2D eigenvalue weighted by Crippen LogP contribution is -2.52. The van der Waals surface area contributed by atoms with Gasteiger partial charge in [0.15, 0.2) is 0 Å². The van der Waals surface area contributed by atoms with Crippen LogP contribution in [0.1, 0.15) is 13.8 Å². The summed E-state index contributed by atoms with van der Waals surface area (Å²) < 4.78 is 0. The second-order valence-corrected chi connectivity index (χ2v) is 5.81. The maximum absolute atomic E-state index is 11.7. The molecule has 5 heteroatoms. The maximum Gasteiger partial charge on any atom is 0.239 e. The molecule has 1 rings (SSSR count). The van der Waals surface area contributed by atoms with Crippen LogP contribution in [-0.4, -0.2) is 61.1 Å². The van der Waals surface area contributed by atoms with Gasteiger partial charge in [0.1, 0.15) is 0 Å². The van der Waals surface area contributed by atoms with E-state index in [1.807, 2.05) is 25.6 Å². The average molecular weight is 245 g/mol. The number of likely N-dealkylation sites (N-methyl/N-ethyl adjacent to an activating group) is 1. The number of hydrogen-bond acceptors (Lipinski definition) is 4. The Kier molecular flexibility index (Phi) is 5.58. The molecule has 1 fully saturated rings. The average Bonchev–Trinajstić information content (AvgIpc) is 2.30. The Morgan fingerprint density at radius 2 is 2.00 bits per heavy atom. The highest BCUT2D eigenvalue weighted by Gasteiger charge is 2.24. The summed E-state index contributed by atoms with van der Waals surface area (Å²) in [6.45, 7) is 7.78. The zero-order valence-electron chi connectivity index (χ0n) is 10.5. The maximum atomic E-state index is 11.7. The molecular formula is C11H23N3OS. The van der Waals surface area contributed by atoms with Gasteiger partial charge in [0.25, 0.3) is 0 Å². The standard InChI is InChI=1S/C11H23N3OS/c1-11(2,12-3)10(15)13-4-5-14-6-8-16-9-7-14/h12H,4-9H2,1-3H3,(H,13,15). The molecular weight excluding hydrogens is 222 g/mol. The summed E-state index contributed by atoms with van der Waals surface area (Å²) in [5.41, 5.74) is -0.474. The van der Waals surface area contributed by atoms with Crippen LogP contribution in [0.4, 0.5) is 0 Å². The van der Waals surface area contributed by atoms with E-state index in [2.05, 4.69) is 15.5 Å².